The molecule has 33 heavy (non-hydrogen) atoms. The van der Waals surface area contributed by atoms with Gasteiger partial charge in [0.15, 0.2) is 0 Å². The standard InChI is InChI=1S/C28H27NO3S/c1-4-16-32-24-14-11-22(12-15-24)25-26(33-18-21-8-6-5-7-9-21)28(31)29(27(25)30)23-13-10-19(2)20(3)17-23/h5-15,17H,4,16,18H2,1-3H3. The van der Waals surface area contributed by atoms with Crippen molar-refractivity contribution in [1.82, 2.24) is 0 Å². The zero-order valence-corrected chi connectivity index (χ0v) is 19.9. The van der Waals surface area contributed by atoms with E-state index in [2.05, 4.69) is 6.92 Å². The molecule has 4 nitrogen and oxygen atoms in total. The first-order chi connectivity index (χ1) is 16.0. The molecule has 0 bridgehead atoms. The SMILES string of the molecule is CCCOc1ccc(C2=C(SCc3ccccc3)C(=O)N(c3ccc(C)c(C)c3)C2=O)cc1. The Bertz CT molecular complexity index is 1200. The average Bonchev–Trinajstić information content (AvgIpc) is 3.08. The third kappa shape index (κ3) is 4.88. The number of thioether (sulfide) groups is 1. The zero-order valence-electron chi connectivity index (χ0n) is 19.1. The maximum Gasteiger partial charge on any atom is 0.272 e. The normalized spacial score (nSPS) is 13.7. The van der Waals surface area contributed by atoms with Crippen LogP contribution >= 0.6 is 11.8 Å². The molecule has 0 saturated carbocycles. The molecule has 0 N–H and O–H groups in total. The van der Waals surface area contributed by atoms with E-state index in [9.17, 15) is 9.59 Å². The minimum Gasteiger partial charge on any atom is -0.494 e. The predicted molar refractivity (Wildman–Crippen MR) is 135 cm³/mol. The van der Waals surface area contributed by atoms with Crippen molar-refractivity contribution in [3.05, 3.63) is 100.0 Å². The minimum atomic E-state index is -0.291. The fourth-order valence-corrected chi connectivity index (χ4v) is 4.73. The highest BCUT2D eigenvalue weighted by Gasteiger charge is 2.40. The monoisotopic (exact) mass is 457 g/mol. The van der Waals surface area contributed by atoms with Crippen LogP contribution in [0.1, 0.15) is 35.6 Å². The molecule has 4 rings (SSSR count). The van der Waals surface area contributed by atoms with E-state index in [0.29, 0.717) is 28.5 Å². The number of benzene rings is 3. The van der Waals surface area contributed by atoms with Crippen molar-refractivity contribution in [2.45, 2.75) is 32.9 Å². The number of rotatable bonds is 8. The lowest BCUT2D eigenvalue weighted by atomic mass is 10.1. The Morgan fingerprint density at radius 1 is 0.848 bits per heavy atom. The van der Waals surface area contributed by atoms with Crippen molar-refractivity contribution < 1.29 is 14.3 Å². The van der Waals surface area contributed by atoms with Crippen LogP contribution in [0.4, 0.5) is 5.69 Å². The van der Waals surface area contributed by atoms with E-state index in [1.807, 2.05) is 86.6 Å². The Labute approximate surface area is 199 Å². The summed E-state index contributed by atoms with van der Waals surface area (Å²) in [4.78, 5) is 28.9. The largest absolute Gasteiger partial charge is 0.494 e. The van der Waals surface area contributed by atoms with Crippen molar-refractivity contribution in [2.24, 2.45) is 0 Å². The number of ether oxygens (including phenoxy) is 1. The number of hydrogen-bond donors (Lipinski definition) is 0. The van der Waals surface area contributed by atoms with E-state index in [4.69, 9.17) is 4.74 Å². The first kappa shape index (κ1) is 22.9. The van der Waals surface area contributed by atoms with Crippen LogP contribution in [-0.4, -0.2) is 18.4 Å². The molecule has 0 aromatic heterocycles. The molecule has 0 atom stereocenters. The number of amides is 2. The van der Waals surface area contributed by atoms with E-state index < -0.39 is 0 Å². The van der Waals surface area contributed by atoms with Gasteiger partial charge in [0.05, 0.1) is 22.8 Å². The lowest BCUT2D eigenvalue weighted by Gasteiger charge is -2.16. The molecule has 0 spiro atoms. The van der Waals surface area contributed by atoms with Gasteiger partial charge in [-0.1, -0.05) is 55.5 Å². The molecule has 2 amide bonds. The summed E-state index contributed by atoms with van der Waals surface area (Å²) in [6.07, 6.45) is 0.922. The second-order valence-electron chi connectivity index (χ2n) is 8.07. The first-order valence-electron chi connectivity index (χ1n) is 11.1. The van der Waals surface area contributed by atoms with Gasteiger partial charge >= 0.3 is 0 Å². The molecule has 0 radical (unpaired) electrons. The Morgan fingerprint density at radius 2 is 1.58 bits per heavy atom. The average molecular weight is 458 g/mol. The van der Waals surface area contributed by atoms with Crippen LogP contribution in [-0.2, 0) is 15.3 Å². The van der Waals surface area contributed by atoms with Crippen LogP contribution in [0.2, 0.25) is 0 Å². The molecule has 0 fully saturated rings. The van der Waals surface area contributed by atoms with E-state index >= 15 is 0 Å². The predicted octanol–water partition coefficient (Wildman–Crippen LogP) is 6.31. The molecule has 0 aliphatic carbocycles. The number of carbonyl (C=O) groups excluding carboxylic acids is 2. The summed E-state index contributed by atoms with van der Waals surface area (Å²) < 4.78 is 5.68. The smallest absolute Gasteiger partial charge is 0.272 e. The molecule has 1 aliphatic rings. The number of imide groups is 1. The summed E-state index contributed by atoms with van der Waals surface area (Å²) >= 11 is 1.41. The van der Waals surface area contributed by atoms with Crippen LogP contribution in [0.5, 0.6) is 5.75 Å². The topological polar surface area (TPSA) is 46.6 Å². The Hall–Kier alpha value is -3.31. The van der Waals surface area contributed by atoms with Gasteiger partial charge in [0, 0.05) is 5.75 Å². The maximum atomic E-state index is 13.6. The summed E-state index contributed by atoms with van der Waals surface area (Å²) in [6.45, 7) is 6.69. The molecule has 5 heteroatoms. The molecule has 1 heterocycles. The molecule has 168 valence electrons. The van der Waals surface area contributed by atoms with E-state index in [0.717, 1.165) is 34.4 Å². The minimum absolute atomic E-state index is 0.273. The molecule has 3 aromatic rings. The van der Waals surface area contributed by atoms with Crippen LogP contribution in [0, 0.1) is 13.8 Å². The van der Waals surface area contributed by atoms with E-state index in [-0.39, 0.29) is 11.8 Å². The summed E-state index contributed by atoms with van der Waals surface area (Å²) in [5.74, 6) is 0.797. The van der Waals surface area contributed by atoms with Gasteiger partial charge < -0.3 is 4.74 Å². The maximum absolute atomic E-state index is 13.6. The van der Waals surface area contributed by atoms with E-state index in [1.165, 1.54) is 16.7 Å². The number of hydrogen-bond acceptors (Lipinski definition) is 4. The third-order valence-electron chi connectivity index (χ3n) is 5.63. The number of nitrogens with zero attached hydrogens (tertiary/aromatic N) is 1. The second-order valence-corrected chi connectivity index (χ2v) is 9.05. The fraction of sp³-hybridized carbons (Fsp3) is 0.214. The summed E-state index contributed by atoms with van der Waals surface area (Å²) in [6, 6.07) is 23.1. The van der Waals surface area contributed by atoms with Crippen LogP contribution in [0.15, 0.2) is 77.7 Å². The van der Waals surface area contributed by atoms with Crippen molar-refractivity contribution in [2.75, 3.05) is 11.5 Å². The van der Waals surface area contributed by atoms with Gasteiger partial charge in [0.2, 0.25) is 0 Å². The van der Waals surface area contributed by atoms with Gasteiger partial charge in [-0.15, -0.1) is 11.8 Å². The second kappa shape index (κ2) is 10.1. The quantitative estimate of drug-likeness (QED) is 0.372. The Kier molecular flexibility index (Phi) is 6.99. The lowest BCUT2D eigenvalue weighted by Crippen LogP contribution is -2.31. The molecule has 1 aliphatic heterocycles. The van der Waals surface area contributed by atoms with Gasteiger partial charge in [-0.05, 0) is 66.8 Å². The molecule has 3 aromatic carbocycles. The van der Waals surface area contributed by atoms with Crippen molar-refractivity contribution >= 4 is 34.8 Å². The third-order valence-corrected chi connectivity index (χ3v) is 6.78. The van der Waals surface area contributed by atoms with Crippen LogP contribution < -0.4 is 9.64 Å². The highest BCUT2D eigenvalue weighted by molar-refractivity contribution is 8.03. The van der Waals surface area contributed by atoms with Gasteiger partial charge in [-0.3, -0.25) is 9.59 Å². The summed E-state index contributed by atoms with van der Waals surface area (Å²) in [5, 5.41) is 0. The van der Waals surface area contributed by atoms with Crippen LogP contribution in [0.25, 0.3) is 5.57 Å². The van der Waals surface area contributed by atoms with Gasteiger partial charge in [0.25, 0.3) is 11.8 Å². The molecule has 0 unspecified atom stereocenters. The Balaban J connectivity index is 1.71. The molecular formula is C28H27NO3S. The number of aryl methyl sites for hydroxylation is 2. The summed E-state index contributed by atoms with van der Waals surface area (Å²) in [7, 11) is 0. The fourth-order valence-electron chi connectivity index (χ4n) is 3.66. The van der Waals surface area contributed by atoms with Crippen molar-refractivity contribution in [1.29, 1.82) is 0 Å². The molecular weight excluding hydrogens is 430 g/mol. The highest BCUT2D eigenvalue weighted by Crippen LogP contribution is 2.40. The summed E-state index contributed by atoms with van der Waals surface area (Å²) in [5.41, 5.74) is 5.02. The number of carbonyl (C=O) groups is 2. The van der Waals surface area contributed by atoms with Gasteiger partial charge in [-0.2, -0.15) is 0 Å². The van der Waals surface area contributed by atoms with Gasteiger partial charge in [0.1, 0.15) is 5.75 Å². The lowest BCUT2D eigenvalue weighted by molar-refractivity contribution is -0.119. The van der Waals surface area contributed by atoms with Gasteiger partial charge in [-0.25, -0.2) is 4.90 Å². The van der Waals surface area contributed by atoms with Crippen molar-refractivity contribution in [3.63, 3.8) is 0 Å². The zero-order chi connectivity index (χ0) is 23.4. The molecule has 0 saturated heterocycles. The van der Waals surface area contributed by atoms with E-state index in [1.54, 1.807) is 0 Å². The highest BCUT2D eigenvalue weighted by atomic mass is 32.2. The van der Waals surface area contributed by atoms with Crippen molar-refractivity contribution in [3.8, 4) is 5.75 Å². The first-order valence-corrected chi connectivity index (χ1v) is 12.1. The Morgan fingerprint density at radius 3 is 2.24 bits per heavy atom. The van der Waals surface area contributed by atoms with Crippen LogP contribution in [0.3, 0.4) is 0 Å². The number of anilines is 1.